The number of methoxy groups -OCH3 is 1. The van der Waals surface area contributed by atoms with Crippen LogP contribution in [0.3, 0.4) is 0 Å². The van der Waals surface area contributed by atoms with Crippen LogP contribution >= 0.6 is 24.0 Å². The predicted molar refractivity (Wildman–Crippen MR) is 94.4 cm³/mol. The van der Waals surface area contributed by atoms with Gasteiger partial charge in [0.2, 0.25) is 5.91 Å². The first-order valence-corrected chi connectivity index (χ1v) is 7.50. The fraction of sp³-hybridized carbons (Fsp3) is 0.467. The summed E-state index contributed by atoms with van der Waals surface area (Å²) in [7, 11) is 1.49. The number of halogens is 2. The van der Waals surface area contributed by atoms with Gasteiger partial charge in [-0.25, -0.2) is 0 Å². The lowest BCUT2D eigenvalue weighted by Gasteiger charge is -2.15. The van der Waals surface area contributed by atoms with E-state index in [1.807, 2.05) is 6.92 Å². The second-order valence-electron chi connectivity index (χ2n) is 4.79. The standard InChI is InChI=1S/C15H22ClN3O3.ClH/c1-3-6-18-15(21)12-5-4-10(16)7-13(12)19-14(20)8-11(9-17)22-2;/h4-5,7,11H,3,6,8-9,17H2,1-2H3,(H,18,21)(H,19,20);1H. The van der Waals surface area contributed by atoms with Gasteiger partial charge in [0.1, 0.15) is 0 Å². The Balaban J connectivity index is 0.00000484. The molecule has 0 heterocycles. The SMILES string of the molecule is CCCNC(=O)c1ccc(Cl)cc1NC(=O)CC(CN)OC.Cl. The first kappa shape index (κ1) is 21.7. The van der Waals surface area contributed by atoms with Crippen molar-refractivity contribution in [3.05, 3.63) is 28.8 Å². The van der Waals surface area contributed by atoms with E-state index < -0.39 is 0 Å². The van der Waals surface area contributed by atoms with Gasteiger partial charge >= 0.3 is 0 Å². The van der Waals surface area contributed by atoms with Gasteiger partial charge in [-0.05, 0) is 24.6 Å². The summed E-state index contributed by atoms with van der Waals surface area (Å²) in [6.07, 6.45) is 0.569. The molecule has 0 fully saturated rings. The smallest absolute Gasteiger partial charge is 0.253 e. The van der Waals surface area contributed by atoms with Crippen molar-refractivity contribution in [2.24, 2.45) is 5.73 Å². The van der Waals surface area contributed by atoms with E-state index in [0.717, 1.165) is 6.42 Å². The van der Waals surface area contributed by atoms with Gasteiger partial charge < -0.3 is 21.1 Å². The van der Waals surface area contributed by atoms with E-state index in [2.05, 4.69) is 10.6 Å². The van der Waals surface area contributed by atoms with Crippen LogP contribution in [0.5, 0.6) is 0 Å². The van der Waals surface area contributed by atoms with Crippen LogP contribution in [0.25, 0.3) is 0 Å². The quantitative estimate of drug-likeness (QED) is 0.659. The van der Waals surface area contributed by atoms with Crippen molar-refractivity contribution in [2.75, 3.05) is 25.5 Å². The Morgan fingerprint density at radius 1 is 1.39 bits per heavy atom. The Kier molecular flexibility index (Phi) is 10.6. The topological polar surface area (TPSA) is 93.5 Å². The zero-order valence-corrected chi connectivity index (χ0v) is 14.8. The molecule has 0 saturated heterocycles. The minimum Gasteiger partial charge on any atom is -0.380 e. The number of benzene rings is 1. The zero-order valence-electron chi connectivity index (χ0n) is 13.2. The lowest BCUT2D eigenvalue weighted by molar-refractivity contribution is -0.118. The highest BCUT2D eigenvalue weighted by Gasteiger charge is 2.16. The van der Waals surface area contributed by atoms with Gasteiger partial charge in [0.05, 0.1) is 23.8 Å². The summed E-state index contributed by atoms with van der Waals surface area (Å²) in [5, 5.41) is 5.89. The Hall–Kier alpha value is -1.34. The fourth-order valence-electron chi connectivity index (χ4n) is 1.82. The van der Waals surface area contributed by atoms with Crippen LogP contribution in [0.15, 0.2) is 18.2 Å². The lowest BCUT2D eigenvalue weighted by atomic mass is 10.1. The van der Waals surface area contributed by atoms with Crippen molar-refractivity contribution >= 4 is 41.5 Å². The molecule has 0 aromatic heterocycles. The summed E-state index contributed by atoms with van der Waals surface area (Å²) in [5.74, 6) is -0.542. The number of carbonyl (C=O) groups is 2. The molecule has 6 nitrogen and oxygen atoms in total. The Morgan fingerprint density at radius 3 is 2.65 bits per heavy atom. The molecule has 8 heteroatoms. The molecule has 130 valence electrons. The minimum atomic E-state index is -0.364. The molecule has 1 unspecified atom stereocenters. The van der Waals surface area contributed by atoms with Crippen LogP contribution in [0.2, 0.25) is 5.02 Å². The third kappa shape index (κ3) is 7.18. The summed E-state index contributed by atoms with van der Waals surface area (Å²) < 4.78 is 5.07. The maximum absolute atomic E-state index is 12.1. The molecule has 0 bridgehead atoms. The van der Waals surface area contributed by atoms with Crippen molar-refractivity contribution in [1.82, 2.24) is 5.32 Å². The molecule has 0 spiro atoms. The van der Waals surface area contributed by atoms with Gasteiger partial charge in [-0.1, -0.05) is 18.5 Å². The maximum Gasteiger partial charge on any atom is 0.253 e. The van der Waals surface area contributed by atoms with E-state index in [-0.39, 0.29) is 43.3 Å². The molecule has 1 atom stereocenters. The van der Waals surface area contributed by atoms with Gasteiger partial charge in [0, 0.05) is 25.2 Å². The predicted octanol–water partition coefficient (Wildman–Crippen LogP) is 2.20. The number of carbonyl (C=O) groups excluding carboxylic acids is 2. The van der Waals surface area contributed by atoms with Gasteiger partial charge in [-0.2, -0.15) is 0 Å². The number of nitrogens with two attached hydrogens (primary N) is 1. The first-order chi connectivity index (χ1) is 10.5. The average molecular weight is 364 g/mol. The Morgan fingerprint density at radius 2 is 2.09 bits per heavy atom. The molecule has 1 aromatic carbocycles. The van der Waals surface area contributed by atoms with Gasteiger partial charge in [0.25, 0.3) is 5.91 Å². The molecule has 1 rings (SSSR count). The van der Waals surface area contributed by atoms with Crippen LogP contribution in [0.1, 0.15) is 30.1 Å². The molecule has 23 heavy (non-hydrogen) atoms. The number of hydrogen-bond acceptors (Lipinski definition) is 4. The highest BCUT2D eigenvalue weighted by molar-refractivity contribution is 6.31. The lowest BCUT2D eigenvalue weighted by Crippen LogP contribution is -2.29. The number of ether oxygens (including phenoxy) is 1. The van der Waals surface area contributed by atoms with Crippen molar-refractivity contribution < 1.29 is 14.3 Å². The molecule has 1 aromatic rings. The molecule has 0 radical (unpaired) electrons. The van der Waals surface area contributed by atoms with E-state index in [4.69, 9.17) is 22.1 Å². The highest BCUT2D eigenvalue weighted by Crippen LogP contribution is 2.21. The van der Waals surface area contributed by atoms with Crippen molar-refractivity contribution in [2.45, 2.75) is 25.9 Å². The number of amides is 2. The van der Waals surface area contributed by atoms with Crippen LogP contribution in [-0.4, -0.2) is 38.1 Å². The molecule has 0 aliphatic rings. The number of rotatable bonds is 8. The Labute approximate surface area is 147 Å². The number of hydrogen-bond donors (Lipinski definition) is 3. The van der Waals surface area contributed by atoms with E-state index in [1.54, 1.807) is 18.2 Å². The van der Waals surface area contributed by atoms with E-state index >= 15 is 0 Å². The third-order valence-electron chi connectivity index (χ3n) is 3.05. The second kappa shape index (κ2) is 11.2. The molecular weight excluding hydrogens is 341 g/mol. The third-order valence-corrected chi connectivity index (χ3v) is 3.28. The molecule has 4 N–H and O–H groups in total. The molecule has 2 amide bonds. The van der Waals surface area contributed by atoms with Crippen LogP contribution < -0.4 is 16.4 Å². The summed E-state index contributed by atoms with van der Waals surface area (Å²) >= 11 is 5.94. The number of anilines is 1. The summed E-state index contributed by atoms with van der Waals surface area (Å²) in [6.45, 7) is 2.76. The van der Waals surface area contributed by atoms with E-state index in [9.17, 15) is 9.59 Å². The van der Waals surface area contributed by atoms with Crippen molar-refractivity contribution in [3.63, 3.8) is 0 Å². The van der Waals surface area contributed by atoms with Crippen LogP contribution in [0, 0.1) is 0 Å². The van der Waals surface area contributed by atoms with E-state index in [1.165, 1.54) is 7.11 Å². The fourth-order valence-corrected chi connectivity index (χ4v) is 1.99. The van der Waals surface area contributed by atoms with Gasteiger partial charge in [0.15, 0.2) is 0 Å². The van der Waals surface area contributed by atoms with Crippen LogP contribution in [-0.2, 0) is 9.53 Å². The van der Waals surface area contributed by atoms with Crippen molar-refractivity contribution in [1.29, 1.82) is 0 Å². The molecule has 0 aliphatic heterocycles. The van der Waals surface area contributed by atoms with Crippen LogP contribution in [0.4, 0.5) is 5.69 Å². The van der Waals surface area contributed by atoms with Crippen molar-refractivity contribution in [3.8, 4) is 0 Å². The summed E-state index contributed by atoms with van der Waals surface area (Å²) in [6, 6.07) is 4.74. The average Bonchev–Trinajstić information content (AvgIpc) is 2.50. The molecular formula is C15H23Cl2N3O3. The molecule has 0 aliphatic carbocycles. The first-order valence-electron chi connectivity index (χ1n) is 7.12. The Bertz CT molecular complexity index is 523. The monoisotopic (exact) mass is 363 g/mol. The largest absolute Gasteiger partial charge is 0.380 e. The maximum atomic E-state index is 12.1. The normalized spacial score (nSPS) is 11.3. The highest BCUT2D eigenvalue weighted by atomic mass is 35.5. The van der Waals surface area contributed by atoms with Gasteiger partial charge in [-0.3, -0.25) is 9.59 Å². The van der Waals surface area contributed by atoms with Gasteiger partial charge in [-0.15, -0.1) is 12.4 Å². The molecule has 0 saturated carbocycles. The summed E-state index contributed by atoms with van der Waals surface area (Å²) in [5.41, 5.74) is 6.23. The van der Waals surface area contributed by atoms with E-state index in [0.29, 0.717) is 22.8 Å². The number of nitrogens with one attached hydrogen (secondary N) is 2. The second-order valence-corrected chi connectivity index (χ2v) is 5.23. The zero-order chi connectivity index (χ0) is 16.5. The summed E-state index contributed by atoms with van der Waals surface area (Å²) in [4.78, 5) is 24.1. The minimum absolute atomic E-state index is 0.